The number of rotatable bonds is 3. The van der Waals surface area contributed by atoms with Crippen molar-refractivity contribution in [1.82, 2.24) is 10.2 Å². The Morgan fingerprint density at radius 3 is 2.83 bits per heavy atom. The van der Waals surface area contributed by atoms with E-state index in [0.717, 1.165) is 4.90 Å². The topological polar surface area (TPSA) is 113 Å². The summed E-state index contributed by atoms with van der Waals surface area (Å²) in [5.74, 6) is -1.60. The van der Waals surface area contributed by atoms with Crippen LogP contribution in [0, 0.1) is 0 Å². The lowest BCUT2D eigenvalue weighted by molar-refractivity contribution is -0.148. The molecule has 1 unspecified atom stereocenters. The highest BCUT2D eigenvalue weighted by Crippen LogP contribution is 2.38. The van der Waals surface area contributed by atoms with Crippen LogP contribution in [0.25, 0.3) is 0 Å². The number of amides is 2. The molecule has 2 rings (SSSR count). The maximum atomic E-state index is 11.6. The Morgan fingerprint density at radius 2 is 2.28 bits per heavy atom. The van der Waals surface area contributed by atoms with Gasteiger partial charge in [0.25, 0.3) is 0 Å². The molecule has 98 valence electrons. The molecule has 0 saturated carbocycles. The molecule has 18 heavy (non-hydrogen) atoms. The van der Waals surface area contributed by atoms with Gasteiger partial charge in [0.15, 0.2) is 5.70 Å². The van der Waals surface area contributed by atoms with Crippen molar-refractivity contribution in [3.05, 3.63) is 11.4 Å². The van der Waals surface area contributed by atoms with Gasteiger partial charge in [-0.15, -0.1) is 11.8 Å². The number of nitrogens with zero attached hydrogens (tertiary/aromatic N) is 1. The third-order valence-electron chi connectivity index (χ3n) is 2.82. The Bertz CT molecular complexity index is 462. The minimum Gasteiger partial charge on any atom is -0.477 e. The third kappa shape index (κ3) is 1.87. The molecular formula is C10H13N3O4S. The zero-order valence-electron chi connectivity index (χ0n) is 9.67. The second-order valence-corrected chi connectivity index (χ2v) is 5.07. The number of nitrogens with one attached hydrogen (secondary N) is 1. The summed E-state index contributed by atoms with van der Waals surface area (Å²) < 4.78 is 0. The van der Waals surface area contributed by atoms with E-state index in [1.807, 2.05) is 0 Å². The van der Waals surface area contributed by atoms with Crippen molar-refractivity contribution < 1.29 is 19.5 Å². The first kappa shape index (κ1) is 12.9. The van der Waals surface area contributed by atoms with Crippen molar-refractivity contribution >= 4 is 29.5 Å². The van der Waals surface area contributed by atoms with Crippen LogP contribution >= 0.6 is 11.8 Å². The molecule has 2 atom stereocenters. The number of β-lactam (4-membered cyclic amide) rings is 1. The van der Waals surface area contributed by atoms with Gasteiger partial charge in [0, 0.05) is 12.2 Å². The van der Waals surface area contributed by atoms with Crippen molar-refractivity contribution in [2.75, 3.05) is 5.75 Å². The fourth-order valence-corrected chi connectivity index (χ4v) is 3.10. The van der Waals surface area contributed by atoms with Crippen LogP contribution in [0.2, 0.25) is 0 Å². The number of carbonyl (C=O) groups excluding carboxylic acids is 2. The maximum absolute atomic E-state index is 11.6. The number of fused-ring (bicyclic) bond motifs is 1. The molecular weight excluding hydrogens is 258 g/mol. The first-order valence-electron chi connectivity index (χ1n) is 5.44. The Labute approximate surface area is 107 Å². The van der Waals surface area contributed by atoms with E-state index in [-0.39, 0.29) is 29.1 Å². The lowest BCUT2D eigenvalue weighted by Crippen LogP contribution is -2.68. The van der Waals surface area contributed by atoms with Gasteiger partial charge in [-0.1, -0.05) is 6.92 Å². The smallest absolute Gasteiger partial charge is 0.354 e. The summed E-state index contributed by atoms with van der Waals surface area (Å²) in [6.45, 7) is 1.67. The molecule has 1 fully saturated rings. The molecule has 8 heteroatoms. The monoisotopic (exact) mass is 271 g/mol. The molecule has 0 bridgehead atoms. The van der Waals surface area contributed by atoms with E-state index in [1.165, 1.54) is 11.8 Å². The second-order valence-electron chi connectivity index (χ2n) is 3.97. The van der Waals surface area contributed by atoms with Crippen LogP contribution in [-0.4, -0.2) is 45.0 Å². The van der Waals surface area contributed by atoms with Crippen LogP contribution in [0.15, 0.2) is 11.4 Å². The van der Waals surface area contributed by atoms with Crippen LogP contribution in [0.5, 0.6) is 0 Å². The lowest BCUT2D eigenvalue weighted by Gasteiger charge is -2.47. The average molecular weight is 271 g/mol. The van der Waals surface area contributed by atoms with E-state index in [2.05, 4.69) is 5.32 Å². The molecule has 1 saturated heterocycles. The number of carbonyl (C=O) groups is 3. The molecule has 0 radical (unpaired) electrons. The predicted molar refractivity (Wildman–Crippen MR) is 64.2 cm³/mol. The summed E-state index contributed by atoms with van der Waals surface area (Å²) in [6.07, 6.45) is 0.248. The molecule has 7 nitrogen and oxygen atoms in total. The van der Waals surface area contributed by atoms with E-state index < -0.39 is 17.9 Å². The van der Waals surface area contributed by atoms with Gasteiger partial charge in [-0.25, -0.2) is 4.79 Å². The highest BCUT2D eigenvalue weighted by molar-refractivity contribution is 8.00. The Balaban J connectivity index is 2.32. The van der Waals surface area contributed by atoms with Gasteiger partial charge < -0.3 is 16.2 Å². The van der Waals surface area contributed by atoms with Gasteiger partial charge in [0.2, 0.25) is 11.8 Å². The lowest BCUT2D eigenvalue weighted by atomic mass is 10.1. The fraction of sp³-hybridized carbons (Fsp3) is 0.500. The highest BCUT2D eigenvalue weighted by Gasteiger charge is 2.52. The van der Waals surface area contributed by atoms with Crippen LogP contribution in [0.4, 0.5) is 0 Å². The van der Waals surface area contributed by atoms with Crippen LogP contribution in [0.1, 0.15) is 13.3 Å². The molecule has 0 aromatic carbocycles. The number of aliphatic carboxylic acids is 1. The van der Waals surface area contributed by atoms with Gasteiger partial charge in [-0.2, -0.15) is 0 Å². The van der Waals surface area contributed by atoms with Gasteiger partial charge >= 0.3 is 5.97 Å². The Hall–Kier alpha value is -1.54. The number of hydrogen-bond donors (Lipinski definition) is 3. The number of carboxylic acid groups (broad SMARTS) is 1. The normalized spacial score (nSPS) is 26.6. The largest absolute Gasteiger partial charge is 0.477 e. The standard InChI is InChI=1S/C10H13N3O4S/c1-2-5(14)12-4-3-18-9-6(11)8(15)13(9)7(4)10(16)17/h6,9H,2-3,11H2,1H3,(H,12,14)(H,16,17)/t6?,9-/m1/s1. The summed E-state index contributed by atoms with van der Waals surface area (Å²) in [4.78, 5) is 35.3. The van der Waals surface area contributed by atoms with Crippen molar-refractivity contribution in [3.8, 4) is 0 Å². The first-order valence-corrected chi connectivity index (χ1v) is 6.48. The summed E-state index contributed by atoms with van der Waals surface area (Å²) in [5.41, 5.74) is 5.70. The molecule has 2 amide bonds. The fourth-order valence-electron chi connectivity index (χ4n) is 1.87. The van der Waals surface area contributed by atoms with E-state index in [9.17, 15) is 14.4 Å². The summed E-state index contributed by atoms with van der Waals surface area (Å²) >= 11 is 1.35. The number of thioether (sulfide) groups is 1. The second kappa shape index (κ2) is 4.62. The van der Waals surface area contributed by atoms with E-state index in [0.29, 0.717) is 5.75 Å². The van der Waals surface area contributed by atoms with Crippen molar-refractivity contribution in [3.63, 3.8) is 0 Å². The van der Waals surface area contributed by atoms with E-state index in [1.54, 1.807) is 6.92 Å². The van der Waals surface area contributed by atoms with Crippen molar-refractivity contribution in [2.45, 2.75) is 24.8 Å². The maximum Gasteiger partial charge on any atom is 0.354 e. The summed E-state index contributed by atoms with van der Waals surface area (Å²) in [5, 5.41) is 11.3. The number of hydrogen-bond acceptors (Lipinski definition) is 5. The molecule has 0 aromatic heterocycles. The molecule has 0 aromatic rings. The van der Waals surface area contributed by atoms with Crippen molar-refractivity contribution in [1.29, 1.82) is 0 Å². The molecule has 0 aliphatic carbocycles. The average Bonchev–Trinajstić information content (AvgIpc) is 2.36. The SMILES string of the molecule is CCC(=O)NC1=C(C(=O)O)N2C(=O)C(N)[C@H]2SC1. The van der Waals surface area contributed by atoms with E-state index >= 15 is 0 Å². The Morgan fingerprint density at radius 1 is 1.61 bits per heavy atom. The predicted octanol–water partition coefficient (Wildman–Crippen LogP) is -0.949. The number of carboxylic acids is 1. The van der Waals surface area contributed by atoms with Gasteiger partial charge in [0.1, 0.15) is 11.4 Å². The van der Waals surface area contributed by atoms with Gasteiger partial charge in [-0.3, -0.25) is 14.5 Å². The number of nitrogens with two attached hydrogens (primary N) is 1. The molecule has 0 spiro atoms. The van der Waals surface area contributed by atoms with Crippen molar-refractivity contribution in [2.24, 2.45) is 5.73 Å². The molecule has 4 N–H and O–H groups in total. The zero-order valence-corrected chi connectivity index (χ0v) is 10.5. The third-order valence-corrected chi connectivity index (χ3v) is 4.12. The Kier molecular flexibility index (Phi) is 3.31. The van der Waals surface area contributed by atoms with Gasteiger partial charge in [0.05, 0.1) is 5.70 Å². The van der Waals surface area contributed by atoms with Crippen LogP contribution in [0.3, 0.4) is 0 Å². The van der Waals surface area contributed by atoms with Crippen LogP contribution < -0.4 is 11.1 Å². The highest BCUT2D eigenvalue weighted by atomic mass is 32.2. The minimum atomic E-state index is -1.23. The van der Waals surface area contributed by atoms with E-state index in [4.69, 9.17) is 10.8 Å². The molecule has 2 aliphatic heterocycles. The van der Waals surface area contributed by atoms with Crippen LogP contribution in [-0.2, 0) is 14.4 Å². The summed E-state index contributed by atoms with van der Waals surface area (Å²) in [6, 6.07) is -0.659. The molecule has 2 aliphatic rings. The first-order chi connectivity index (χ1) is 8.47. The van der Waals surface area contributed by atoms with Gasteiger partial charge in [-0.05, 0) is 0 Å². The molecule has 2 heterocycles. The zero-order chi connectivity index (χ0) is 13.4. The quantitative estimate of drug-likeness (QED) is 0.570. The summed E-state index contributed by atoms with van der Waals surface area (Å²) in [7, 11) is 0. The minimum absolute atomic E-state index is 0.160.